The second kappa shape index (κ2) is 13.2. The average molecular weight is 506 g/mol. The molecule has 2 aromatic rings. The predicted molar refractivity (Wildman–Crippen MR) is 137 cm³/mol. The fraction of sp³-hybridized carbons (Fsp3) is 0.480. The molecule has 0 fully saturated rings. The van der Waals surface area contributed by atoms with Crippen molar-refractivity contribution in [1.29, 1.82) is 0 Å². The summed E-state index contributed by atoms with van der Waals surface area (Å²) < 4.78 is 27.5. The van der Waals surface area contributed by atoms with Crippen molar-refractivity contribution in [3.63, 3.8) is 0 Å². The van der Waals surface area contributed by atoms with Gasteiger partial charge in [-0.1, -0.05) is 12.5 Å². The number of nitrogens with one attached hydrogen (secondary N) is 1. The summed E-state index contributed by atoms with van der Waals surface area (Å²) in [6.45, 7) is 1.81. The van der Waals surface area contributed by atoms with Crippen LogP contribution in [0.15, 0.2) is 30.3 Å². The van der Waals surface area contributed by atoms with Gasteiger partial charge in [-0.05, 0) is 67.0 Å². The van der Waals surface area contributed by atoms with Gasteiger partial charge in [0, 0.05) is 13.1 Å². The number of rotatable bonds is 13. The van der Waals surface area contributed by atoms with E-state index in [1.807, 2.05) is 35.2 Å². The van der Waals surface area contributed by atoms with Crippen molar-refractivity contribution >= 4 is 17.3 Å². The largest absolute Gasteiger partial charge is 0.493 e. The van der Waals surface area contributed by atoms with Gasteiger partial charge in [0.05, 0.1) is 34.0 Å². The molecule has 0 bridgehead atoms. The lowest BCUT2D eigenvalue weighted by molar-refractivity contribution is 0.174. The van der Waals surface area contributed by atoms with Gasteiger partial charge in [-0.15, -0.1) is 0 Å². The molecule has 3 rings (SSSR count). The van der Waals surface area contributed by atoms with Crippen LogP contribution < -0.4 is 34.7 Å². The number of hydrogen-bond donors (Lipinski definition) is 3. The topological polar surface area (TPSA) is 108 Å². The Morgan fingerprint density at radius 3 is 2.34 bits per heavy atom. The average Bonchev–Trinajstić information content (AvgIpc) is 3.35. The number of hydrogen-bond acceptors (Lipinski definition) is 8. The first-order chi connectivity index (χ1) is 17.0. The van der Waals surface area contributed by atoms with Gasteiger partial charge in [0.2, 0.25) is 12.5 Å². The number of benzene rings is 2. The summed E-state index contributed by atoms with van der Waals surface area (Å²) in [4.78, 5) is 2.03. The highest BCUT2D eigenvalue weighted by molar-refractivity contribution is 7.80. The number of ether oxygens (including phenoxy) is 5. The highest BCUT2D eigenvalue weighted by Gasteiger charge is 2.20. The summed E-state index contributed by atoms with van der Waals surface area (Å²) in [5, 5.41) is 13.7. The zero-order valence-corrected chi connectivity index (χ0v) is 21.4. The molecule has 0 saturated heterocycles. The summed E-state index contributed by atoms with van der Waals surface area (Å²) in [5.41, 5.74) is 7.55. The van der Waals surface area contributed by atoms with E-state index < -0.39 is 0 Å². The number of methoxy groups -OCH3 is 3. The van der Waals surface area contributed by atoms with Gasteiger partial charge >= 0.3 is 0 Å². The number of fused-ring (bicyclic) bond motifs is 1. The summed E-state index contributed by atoms with van der Waals surface area (Å²) in [7, 11) is 4.75. The number of unbranched alkanes of at least 4 members (excludes halogenated alkanes) is 1. The second-order valence-corrected chi connectivity index (χ2v) is 8.58. The molecule has 1 aliphatic heterocycles. The van der Waals surface area contributed by atoms with Gasteiger partial charge < -0.3 is 44.7 Å². The third-order valence-corrected chi connectivity index (χ3v) is 6.13. The zero-order chi connectivity index (χ0) is 25.2. The molecule has 0 aromatic heterocycles. The van der Waals surface area contributed by atoms with Crippen LogP contribution in [0.4, 0.5) is 0 Å². The SMILES string of the molecule is COc1cc(CN(Cc2ccc3c(c2)OCO3)C(=S)NC(CO)CCCCN)cc(OC)c1OC. The Balaban J connectivity index is 1.85. The molecule has 9 nitrogen and oxygen atoms in total. The van der Waals surface area contributed by atoms with Crippen LogP contribution >= 0.6 is 12.2 Å². The van der Waals surface area contributed by atoms with Gasteiger partial charge in [-0.3, -0.25) is 0 Å². The molecule has 1 heterocycles. The molecule has 0 spiro atoms. The van der Waals surface area contributed by atoms with E-state index in [-0.39, 0.29) is 19.4 Å². The lowest BCUT2D eigenvalue weighted by atomic mass is 10.1. The second-order valence-electron chi connectivity index (χ2n) is 8.19. The Hall–Kier alpha value is -2.95. The van der Waals surface area contributed by atoms with Gasteiger partial charge in [0.1, 0.15) is 0 Å². The Labute approximate surface area is 212 Å². The van der Waals surface area contributed by atoms with E-state index in [1.54, 1.807) is 21.3 Å². The van der Waals surface area contributed by atoms with E-state index in [1.165, 1.54) is 0 Å². The van der Waals surface area contributed by atoms with E-state index >= 15 is 0 Å². The Bertz CT molecular complexity index is 965. The first kappa shape index (κ1) is 26.7. The van der Waals surface area contributed by atoms with Crippen LogP contribution in [0.25, 0.3) is 0 Å². The highest BCUT2D eigenvalue weighted by atomic mass is 32.1. The van der Waals surface area contributed by atoms with Crippen LogP contribution in [0.5, 0.6) is 28.7 Å². The summed E-state index contributed by atoms with van der Waals surface area (Å²) in [5.74, 6) is 3.11. The van der Waals surface area contributed by atoms with Crippen LogP contribution in [-0.4, -0.2) is 62.4 Å². The normalized spacial score (nSPS) is 12.7. The van der Waals surface area contributed by atoms with Crippen LogP contribution in [0.2, 0.25) is 0 Å². The molecular formula is C25H35N3O6S. The zero-order valence-electron chi connectivity index (χ0n) is 20.5. The van der Waals surface area contributed by atoms with E-state index in [4.69, 9.17) is 41.6 Å². The standard InChI is InChI=1S/C25H35N3O6S/c1-30-22-11-18(12-23(31-2)24(22)32-3)14-28(25(35)27-19(15-29)6-4-5-9-26)13-17-7-8-20-21(10-17)34-16-33-20/h7-8,10-12,19,29H,4-6,9,13-16,26H2,1-3H3,(H,27,35). The Morgan fingerprint density at radius 2 is 1.71 bits per heavy atom. The summed E-state index contributed by atoms with van der Waals surface area (Å²) in [6.07, 6.45) is 2.58. The molecule has 0 aliphatic carbocycles. The number of nitrogens with two attached hydrogens (primary N) is 1. The lowest BCUT2D eigenvalue weighted by Crippen LogP contribution is -2.45. The van der Waals surface area contributed by atoms with Gasteiger partial charge in [0.15, 0.2) is 28.1 Å². The van der Waals surface area contributed by atoms with Gasteiger partial charge in [-0.25, -0.2) is 0 Å². The smallest absolute Gasteiger partial charge is 0.231 e. The molecule has 2 aromatic carbocycles. The van der Waals surface area contributed by atoms with Crippen molar-refractivity contribution in [1.82, 2.24) is 10.2 Å². The first-order valence-corrected chi connectivity index (χ1v) is 12.0. The number of nitrogens with zero attached hydrogens (tertiary/aromatic N) is 1. The number of aliphatic hydroxyl groups excluding tert-OH is 1. The fourth-order valence-electron chi connectivity index (χ4n) is 3.92. The minimum absolute atomic E-state index is 0.0211. The fourth-order valence-corrected chi connectivity index (χ4v) is 4.21. The van der Waals surface area contributed by atoms with Gasteiger partial charge in [0.25, 0.3) is 0 Å². The molecular weight excluding hydrogens is 470 g/mol. The van der Waals surface area contributed by atoms with Crippen molar-refractivity contribution in [2.45, 2.75) is 38.4 Å². The molecule has 0 amide bonds. The minimum Gasteiger partial charge on any atom is -0.493 e. The van der Waals surface area contributed by atoms with Crippen molar-refractivity contribution < 1.29 is 28.8 Å². The molecule has 10 heteroatoms. The van der Waals surface area contributed by atoms with Crippen molar-refractivity contribution in [3.8, 4) is 28.7 Å². The molecule has 4 N–H and O–H groups in total. The maximum absolute atomic E-state index is 9.89. The van der Waals surface area contributed by atoms with Crippen LogP contribution in [-0.2, 0) is 13.1 Å². The van der Waals surface area contributed by atoms with Gasteiger partial charge in [-0.2, -0.15) is 0 Å². The highest BCUT2D eigenvalue weighted by Crippen LogP contribution is 2.39. The summed E-state index contributed by atoms with van der Waals surface area (Å²) in [6, 6.07) is 9.49. The minimum atomic E-state index is -0.159. The van der Waals surface area contributed by atoms with Crippen molar-refractivity contribution in [2.24, 2.45) is 5.73 Å². The third kappa shape index (κ3) is 7.03. The maximum Gasteiger partial charge on any atom is 0.231 e. The monoisotopic (exact) mass is 505 g/mol. The molecule has 35 heavy (non-hydrogen) atoms. The van der Waals surface area contributed by atoms with Crippen LogP contribution in [0.1, 0.15) is 30.4 Å². The van der Waals surface area contributed by atoms with E-state index in [0.29, 0.717) is 47.7 Å². The van der Waals surface area contributed by atoms with E-state index in [2.05, 4.69) is 5.32 Å². The molecule has 1 unspecified atom stereocenters. The van der Waals surface area contributed by atoms with Crippen LogP contribution in [0.3, 0.4) is 0 Å². The van der Waals surface area contributed by atoms with E-state index in [9.17, 15) is 5.11 Å². The number of thiocarbonyl (C=S) groups is 1. The summed E-state index contributed by atoms with van der Waals surface area (Å²) >= 11 is 5.80. The van der Waals surface area contributed by atoms with Crippen LogP contribution in [0, 0.1) is 0 Å². The molecule has 1 aliphatic rings. The molecule has 0 radical (unpaired) electrons. The third-order valence-electron chi connectivity index (χ3n) is 5.75. The number of aliphatic hydroxyl groups is 1. The van der Waals surface area contributed by atoms with Crippen molar-refractivity contribution in [2.75, 3.05) is 41.3 Å². The van der Waals surface area contributed by atoms with E-state index in [0.717, 1.165) is 36.1 Å². The maximum atomic E-state index is 9.89. The molecule has 1 atom stereocenters. The molecule has 192 valence electrons. The molecule has 0 saturated carbocycles. The lowest BCUT2D eigenvalue weighted by Gasteiger charge is -2.29. The predicted octanol–water partition coefficient (Wildman–Crippen LogP) is 2.81. The Morgan fingerprint density at radius 1 is 1.03 bits per heavy atom. The Kier molecular flexibility index (Phi) is 10.1. The quantitative estimate of drug-likeness (QED) is 0.278. The first-order valence-electron chi connectivity index (χ1n) is 11.6. The van der Waals surface area contributed by atoms with Crippen molar-refractivity contribution in [3.05, 3.63) is 41.5 Å².